The van der Waals surface area contributed by atoms with Crippen molar-refractivity contribution in [3.05, 3.63) is 35.6 Å². The predicted octanol–water partition coefficient (Wildman–Crippen LogP) is 3.40. The lowest BCUT2D eigenvalue weighted by atomic mass is 9.82. The Morgan fingerprint density at radius 1 is 1.24 bits per heavy atom. The largest absolute Gasteiger partial charge is 0.347 e. The number of nitrogens with one attached hydrogen (secondary N) is 1. The van der Waals surface area contributed by atoms with Crippen LogP contribution in [0.2, 0.25) is 0 Å². The molecule has 2 atom stereocenters. The summed E-state index contributed by atoms with van der Waals surface area (Å²) in [6.07, 6.45) is 0.645. The molecule has 21 heavy (non-hydrogen) atoms. The van der Waals surface area contributed by atoms with Crippen LogP contribution >= 0.6 is 0 Å². The number of carbonyl (C=O) groups excluding carboxylic acids is 1. The Balaban J connectivity index is 2.90. The zero-order chi connectivity index (χ0) is 16.2. The number of carbonyl (C=O) groups is 1. The highest BCUT2D eigenvalue weighted by Gasteiger charge is 2.29. The molecule has 1 amide bonds. The Hall–Kier alpha value is -1.42. The van der Waals surface area contributed by atoms with Crippen molar-refractivity contribution in [1.29, 1.82) is 0 Å². The Kier molecular flexibility index (Phi) is 5.90. The molecule has 3 N–H and O–H groups in total. The second kappa shape index (κ2) is 7.03. The summed E-state index contributed by atoms with van der Waals surface area (Å²) in [5.41, 5.74) is 6.63. The number of rotatable bonds is 5. The van der Waals surface area contributed by atoms with Crippen LogP contribution in [0.4, 0.5) is 4.39 Å². The molecule has 1 unspecified atom stereocenters. The predicted molar refractivity (Wildman–Crippen MR) is 84.2 cm³/mol. The van der Waals surface area contributed by atoms with Gasteiger partial charge in [0.05, 0.1) is 12.1 Å². The average Bonchev–Trinajstić information content (AvgIpc) is 2.34. The molecule has 0 heterocycles. The lowest BCUT2D eigenvalue weighted by Crippen LogP contribution is -2.46. The first-order valence-electron chi connectivity index (χ1n) is 7.42. The lowest BCUT2D eigenvalue weighted by molar-refractivity contribution is -0.124. The average molecular weight is 294 g/mol. The van der Waals surface area contributed by atoms with Gasteiger partial charge in [-0.2, -0.15) is 0 Å². The minimum atomic E-state index is -0.518. The van der Waals surface area contributed by atoms with E-state index in [4.69, 9.17) is 5.73 Å². The maximum absolute atomic E-state index is 13.1. The zero-order valence-corrected chi connectivity index (χ0v) is 13.6. The van der Waals surface area contributed by atoms with Crippen LogP contribution in [0.5, 0.6) is 0 Å². The molecule has 1 rings (SSSR count). The number of nitrogens with two attached hydrogens (primary N) is 1. The fourth-order valence-corrected chi connectivity index (χ4v) is 2.32. The van der Waals surface area contributed by atoms with Gasteiger partial charge in [-0.1, -0.05) is 46.8 Å². The summed E-state index contributed by atoms with van der Waals surface area (Å²) in [6, 6.07) is 5.51. The molecule has 0 aliphatic heterocycles. The van der Waals surface area contributed by atoms with Gasteiger partial charge in [0.2, 0.25) is 5.91 Å². The van der Waals surface area contributed by atoms with Gasteiger partial charge in [0.25, 0.3) is 0 Å². The monoisotopic (exact) mass is 294 g/mol. The van der Waals surface area contributed by atoms with Gasteiger partial charge in [0, 0.05) is 0 Å². The highest BCUT2D eigenvalue weighted by atomic mass is 19.1. The van der Waals surface area contributed by atoms with E-state index in [0.29, 0.717) is 12.3 Å². The van der Waals surface area contributed by atoms with E-state index in [1.807, 2.05) is 34.6 Å². The molecule has 1 aromatic carbocycles. The normalized spacial score (nSPS) is 14.9. The van der Waals surface area contributed by atoms with Crippen molar-refractivity contribution in [2.75, 3.05) is 0 Å². The van der Waals surface area contributed by atoms with Crippen LogP contribution in [0.25, 0.3) is 0 Å². The SMILES string of the molecule is CC(C)C[C@@H](N)C(=O)NC(c1ccc(F)cc1)C(C)(C)C. The summed E-state index contributed by atoms with van der Waals surface area (Å²) in [5.74, 6) is -0.0770. The van der Waals surface area contributed by atoms with E-state index in [2.05, 4.69) is 5.32 Å². The quantitative estimate of drug-likeness (QED) is 0.874. The summed E-state index contributed by atoms with van der Waals surface area (Å²) in [5, 5.41) is 3.01. The van der Waals surface area contributed by atoms with Crippen molar-refractivity contribution < 1.29 is 9.18 Å². The van der Waals surface area contributed by atoms with Crippen molar-refractivity contribution in [3.8, 4) is 0 Å². The van der Waals surface area contributed by atoms with Gasteiger partial charge >= 0.3 is 0 Å². The molecule has 3 nitrogen and oxygen atoms in total. The van der Waals surface area contributed by atoms with E-state index in [-0.39, 0.29) is 23.2 Å². The van der Waals surface area contributed by atoms with E-state index in [1.54, 1.807) is 12.1 Å². The Labute approximate surface area is 127 Å². The zero-order valence-electron chi connectivity index (χ0n) is 13.6. The molecule has 1 aromatic rings. The molecule has 0 radical (unpaired) electrons. The van der Waals surface area contributed by atoms with Gasteiger partial charge in [-0.3, -0.25) is 4.79 Å². The summed E-state index contributed by atoms with van der Waals surface area (Å²) >= 11 is 0. The molecule has 4 heteroatoms. The van der Waals surface area contributed by atoms with Gasteiger partial charge < -0.3 is 11.1 Å². The third kappa shape index (κ3) is 5.46. The van der Waals surface area contributed by atoms with Crippen molar-refractivity contribution in [3.63, 3.8) is 0 Å². The first kappa shape index (κ1) is 17.6. The summed E-state index contributed by atoms with van der Waals surface area (Å²) < 4.78 is 13.1. The molecule has 0 aromatic heterocycles. The summed E-state index contributed by atoms with van der Waals surface area (Å²) in [4.78, 5) is 12.3. The third-order valence-corrected chi connectivity index (χ3v) is 3.42. The number of hydrogen-bond acceptors (Lipinski definition) is 2. The van der Waals surface area contributed by atoms with E-state index in [1.165, 1.54) is 12.1 Å². The molecule has 0 aliphatic rings. The van der Waals surface area contributed by atoms with E-state index < -0.39 is 6.04 Å². The minimum Gasteiger partial charge on any atom is -0.347 e. The number of benzene rings is 1. The second-order valence-electron chi connectivity index (χ2n) is 7.10. The number of hydrogen-bond donors (Lipinski definition) is 2. The molecule has 0 saturated carbocycles. The second-order valence-corrected chi connectivity index (χ2v) is 7.10. The van der Waals surface area contributed by atoms with E-state index >= 15 is 0 Å². The van der Waals surface area contributed by atoms with Crippen molar-refractivity contribution in [1.82, 2.24) is 5.32 Å². The molecule has 0 spiro atoms. The fraction of sp³-hybridized carbons (Fsp3) is 0.588. The van der Waals surface area contributed by atoms with Crippen LogP contribution in [0, 0.1) is 17.2 Å². The van der Waals surface area contributed by atoms with Crippen LogP contribution < -0.4 is 11.1 Å². The van der Waals surface area contributed by atoms with Gasteiger partial charge in [-0.15, -0.1) is 0 Å². The third-order valence-electron chi connectivity index (χ3n) is 3.42. The topological polar surface area (TPSA) is 55.1 Å². The lowest BCUT2D eigenvalue weighted by Gasteiger charge is -2.33. The molecule has 0 fully saturated rings. The number of amides is 1. The van der Waals surface area contributed by atoms with Crippen LogP contribution in [0.15, 0.2) is 24.3 Å². The molecule has 0 saturated heterocycles. The van der Waals surface area contributed by atoms with Gasteiger partial charge in [-0.25, -0.2) is 4.39 Å². The highest BCUT2D eigenvalue weighted by molar-refractivity contribution is 5.82. The van der Waals surface area contributed by atoms with Gasteiger partial charge in [0.1, 0.15) is 5.82 Å². The maximum Gasteiger partial charge on any atom is 0.237 e. The van der Waals surface area contributed by atoms with Crippen LogP contribution in [0.1, 0.15) is 52.6 Å². The van der Waals surface area contributed by atoms with Crippen LogP contribution in [-0.2, 0) is 4.79 Å². The summed E-state index contributed by atoms with van der Waals surface area (Å²) in [6.45, 7) is 10.2. The Morgan fingerprint density at radius 3 is 2.19 bits per heavy atom. The fourth-order valence-electron chi connectivity index (χ4n) is 2.32. The van der Waals surface area contributed by atoms with Crippen molar-refractivity contribution in [2.45, 2.75) is 53.1 Å². The van der Waals surface area contributed by atoms with Crippen molar-refractivity contribution in [2.24, 2.45) is 17.1 Å². The van der Waals surface area contributed by atoms with Gasteiger partial charge in [-0.05, 0) is 35.4 Å². The number of halogens is 1. The van der Waals surface area contributed by atoms with Crippen LogP contribution in [-0.4, -0.2) is 11.9 Å². The van der Waals surface area contributed by atoms with Crippen LogP contribution in [0.3, 0.4) is 0 Å². The first-order valence-corrected chi connectivity index (χ1v) is 7.42. The minimum absolute atomic E-state index is 0.159. The molecule has 118 valence electrons. The highest BCUT2D eigenvalue weighted by Crippen LogP contribution is 2.32. The summed E-state index contributed by atoms with van der Waals surface area (Å²) in [7, 11) is 0. The molecular weight excluding hydrogens is 267 g/mol. The van der Waals surface area contributed by atoms with E-state index in [0.717, 1.165) is 5.56 Å². The van der Waals surface area contributed by atoms with Gasteiger partial charge in [0.15, 0.2) is 0 Å². The van der Waals surface area contributed by atoms with Crippen molar-refractivity contribution >= 4 is 5.91 Å². The Bertz CT molecular complexity index is 463. The smallest absolute Gasteiger partial charge is 0.237 e. The Morgan fingerprint density at radius 2 is 1.76 bits per heavy atom. The molecular formula is C17H27FN2O. The standard InChI is InChI=1S/C17H27FN2O/c1-11(2)10-14(19)16(21)20-15(17(3,4)5)12-6-8-13(18)9-7-12/h6-9,11,14-15H,10,19H2,1-5H3,(H,20,21)/t14-,15?/m1/s1. The maximum atomic E-state index is 13.1. The molecule has 0 aliphatic carbocycles. The molecule has 0 bridgehead atoms. The first-order chi connectivity index (χ1) is 9.61. The van der Waals surface area contributed by atoms with E-state index in [9.17, 15) is 9.18 Å².